The molecule has 1 nitrogen and oxygen atoms in total. The largest absolute Gasteiger partial charge is 0.416 e. The smallest absolute Gasteiger partial charge is 0.392 e. The molecule has 0 amide bonds. The van der Waals surface area contributed by atoms with Crippen molar-refractivity contribution < 1.29 is 18.3 Å². The third-order valence-electron chi connectivity index (χ3n) is 2.76. The van der Waals surface area contributed by atoms with E-state index in [0.29, 0.717) is 11.1 Å². The molecule has 1 N–H and O–H groups in total. The minimum absolute atomic E-state index is 0.0108. The first-order chi connectivity index (χ1) is 8.93. The second-order valence-electron chi connectivity index (χ2n) is 4.00. The predicted molar refractivity (Wildman–Crippen MR) is 67.8 cm³/mol. The molecule has 0 aromatic heterocycles. The number of hydrogen-bond acceptors (Lipinski definition) is 1. The quantitative estimate of drug-likeness (QED) is 0.861. The van der Waals surface area contributed by atoms with Crippen LogP contribution in [0.2, 0.25) is 5.02 Å². The maximum absolute atomic E-state index is 12.9. The van der Waals surface area contributed by atoms with Gasteiger partial charge in [-0.1, -0.05) is 41.9 Å². The Morgan fingerprint density at radius 2 is 1.68 bits per heavy atom. The molecule has 0 saturated heterocycles. The average Bonchev–Trinajstić information content (AvgIpc) is 2.37. The van der Waals surface area contributed by atoms with E-state index in [-0.39, 0.29) is 10.6 Å². The molecule has 0 aliphatic rings. The molecular formula is C14H10ClF3O. The topological polar surface area (TPSA) is 20.2 Å². The highest BCUT2D eigenvalue weighted by atomic mass is 35.5. The minimum Gasteiger partial charge on any atom is -0.392 e. The van der Waals surface area contributed by atoms with Crippen LogP contribution in [0.4, 0.5) is 13.2 Å². The summed E-state index contributed by atoms with van der Waals surface area (Å²) >= 11 is 5.75. The highest BCUT2D eigenvalue weighted by Gasteiger charge is 2.34. The summed E-state index contributed by atoms with van der Waals surface area (Å²) in [6.07, 6.45) is -4.55. The summed E-state index contributed by atoms with van der Waals surface area (Å²) in [5.41, 5.74) is -0.188. The minimum atomic E-state index is -4.55. The van der Waals surface area contributed by atoms with Crippen LogP contribution < -0.4 is 0 Å². The Morgan fingerprint density at radius 1 is 1.05 bits per heavy atom. The van der Waals surface area contributed by atoms with Crippen molar-refractivity contribution in [2.24, 2.45) is 0 Å². The Balaban J connectivity index is 2.71. The van der Waals surface area contributed by atoms with Gasteiger partial charge in [0.2, 0.25) is 0 Å². The van der Waals surface area contributed by atoms with Gasteiger partial charge in [-0.25, -0.2) is 0 Å². The first-order valence-corrected chi connectivity index (χ1v) is 5.87. The molecule has 0 unspecified atom stereocenters. The molecule has 0 spiro atoms. The van der Waals surface area contributed by atoms with Crippen molar-refractivity contribution in [3.63, 3.8) is 0 Å². The molecule has 0 aliphatic heterocycles. The Bertz CT molecular complexity index is 579. The van der Waals surface area contributed by atoms with Crippen molar-refractivity contribution in [1.29, 1.82) is 0 Å². The fourth-order valence-electron chi connectivity index (χ4n) is 1.94. The molecule has 2 aromatic carbocycles. The molecule has 0 heterocycles. The Morgan fingerprint density at radius 3 is 2.21 bits per heavy atom. The van der Waals surface area contributed by atoms with Gasteiger partial charge in [0.25, 0.3) is 0 Å². The SMILES string of the molecule is OCc1c(-c2ccccc2)cc(Cl)cc1C(F)(F)F. The van der Waals surface area contributed by atoms with E-state index in [0.717, 1.165) is 6.07 Å². The van der Waals surface area contributed by atoms with E-state index in [1.54, 1.807) is 30.3 Å². The molecule has 0 radical (unpaired) electrons. The number of hydrogen-bond donors (Lipinski definition) is 1. The molecule has 0 saturated carbocycles. The summed E-state index contributed by atoms with van der Waals surface area (Å²) in [4.78, 5) is 0. The van der Waals surface area contributed by atoms with Crippen LogP contribution in [-0.4, -0.2) is 5.11 Å². The van der Waals surface area contributed by atoms with Crippen molar-refractivity contribution >= 4 is 11.6 Å². The Kier molecular flexibility index (Phi) is 3.83. The van der Waals surface area contributed by atoms with E-state index in [1.165, 1.54) is 6.07 Å². The Labute approximate surface area is 113 Å². The van der Waals surface area contributed by atoms with Crippen molar-refractivity contribution in [3.8, 4) is 11.1 Å². The van der Waals surface area contributed by atoms with Crippen LogP contribution in [0.1, 0.15) is 11.1 Å². The third-order valence-corrected chi connectivity index (χ3v) is 2.98. The second kappa shape index (κ2) is 5.23. The number of benzene rings is 2. The van der Waals surface area contributed by atoms with Crippen LogP contribution in [0.3, 0.4) is 0 Å². The zero-order valence-corrected chi connectivity index (χ0v) is 10.5. The van der Waals surface area contributed by atoms with Gasteiger partial charge in [-0.3, -0.25) is 0 Å². The summed E-state index contributed by atoms with van der Waals surface area (Å²) in [5, 5.41) is 9.26. The van der Waals surface area contributed by atoms with Gasteiger partial charge >= 0.3 is 6.18 Å². The number of rotatable bonds is 2. The molecule has 100 valence electrons. The van der Waals surface area contributed by atoms with Crippen molar-refractivity contribution in [2.45, 2.75) is 12.8 Å². The van der Waals surface area contributed by atoms with Crippen molar-refractivity contribution in [2.75, 3.05) is 0 Å². The molecular weight excluding hydrogens is 277 g/mol. The summed E-state index contributed by atoms with van der Waals surface area (Å²) in [6, 6.07) is 10.8. The van der Waals surface area contributed by atoms with E-state index in [1.807, 2.05) is 0 Å². The number of aliphatic hydroxyl groups excluding tert-OH is 1. The summed E-state index contributed by atoms with van der Waals surface area (Å²) < 4.78 is 38.8. The standard InChI is InChI=1S/C14H10ClF3O/c15-10-6-11(9-4-2-1-3-5-9)12(8-19)13(7-10)14(16,17)18/h1-7,19H,8H2. The zero-order valence-electron chi connectivity index (χ0n) is 9.71. The number of aliphatic hydroxyl groups is 1. The lowest BCUT2D eigenvalue weighted by Gasteiger charge is -2.16. The summed E-state index contributed by atoms with van der Waals surface area (Å²) in [6.45, 7) is -0.698. The summed E-state index contributed by atoms with van der Waals surface area (Å²) in [5.74, 6) is 0. The zero-order chi connectivity index (χ0) is 14.0. The second-order valence-corrected chi connectivity index (χ2v) is 4.44. The summed E-state index contributed by atoms with van der Waals surface area (Å²) in [7, 11) is 0. The van der Waals surface area contributed by atoms with Gasteiger partial charge in [0.15, 0.2) is 0 Å². The highest BCUT2D eigenvalue weighted by Crippen LogP contribution is 2.38. The maximum Gasteiger partial charge on any atom is 0.416 e. The van der Waals surface area contributed by atoms with Crippen LogP contribution in [0, 0.1) is 0 Å². The fraction of sp³-hybridized carbons (Fsp3) is 0.143. The molecule has 0 aliphatic carbocycles. The van der Waals surface area contributed by atoms with Gasteiger partial charge in [-0.2, -0.15) is 13.2 Å². The van der Waals surface area contributed by atoms with Gasteiger partial charge < -0.3 is 5.11 Å². The molecule has 0 atom stereocenters. The van der Waals surface area contributed by atoms with E-state index in [9.17, 15) is 18.3 Å². The van der Waals surface area contributed by atoms with Crippen LogP contribution in [0.15, 0.2) is 42.5 Å². The van der Waals surface area contributed by atoms with Crippen molar-refractivity contribution in [3.05, 3.63) is 58.6 Å². The average molecular weight is 287 g/mol. The monoisotopic (exact) mass is 286 g/mol. The highest BCUT2D eigenvalue weighted by molar-refractivity contribution is 6.31. The fourth-order valence-corrected chi connectivity index (χ4v) is 2.15. The first kappa shape index (κ1) is 13.9. The van der Waals surface area contributed by atoms with Gasteiger partial charge in [0, 0.05) is 5.02 Å². The van der Waals surface area contributed by atoms with E-state index < -0.39 is 18.3 Å². The van der Waals surface area contributed by atoms with E-state index in [2.05, 4.69) is 0 Å². The number of alkyl halides is 3. The molecule has 2 rings (SSSR count). The van der Waals surface area contributed by atoms with Gasteiger partial charge in [0.1, 0.15) is 0 Å². The lowest BCUT2D eigenvalue weighted by molar-refractivity contribution is -0.138. The van der Waals surface area contributed by atoms with Gasteiger partial charge in [-0.05, 0) is 28.8 Å². The molecule has 5 heteroatoms. The van der Waals surface area contributed by atoms with Crippen LogP contribution in [-0.2, 0) is 12.8 Å². The van der Waals surface area contributed by atoms with Crippen LogP contribution in [0.25, 0.3) is 11.1 Å². The first-order valence-electron chi connectivity index (χ1n) is 5.49. The Hall–Kier alpha value is -1.52. The van der Waals surface area contributed by atoms with E-state index in [4.69, 9.17) is 11.6 Å². The molecule has 0 fully saturated rings. The normalized spacial score (nSPS) is 11.6. The molecule has 19 heavy (non-hydrogen) atoms. The van der Waals surface area contributed by atoms with Crippen LogP contribution in [0.5, 0.6) is 0 Å². The molecule has 0 bridgehead atoms. The van der Waals surface area contributed by atoms with Crippen LogP contribution >= 0.6 is 11.6 Å². The third kappa shape index (κ3) is 2.91. The predicted octanol–water partition coefficient (Wildman–Crippen LogP) is 4.52. The number of halogens is 4. The molecule has 2 aromatic rings. The van der Waals surface area contributed by atoms with E-state index >= 15 is 0 Å². The maximum atomic E-state index is 12.9. The van der Waals surface area contributed by atoms with Gasteiger partial charge in [-0.15, -0.1) is 0 Å². The lowest BCUT2D eigenvalue weighted by Crippen LogP contribution is -2.10. The van der Waals surface area contributed by atoms with Gasteiger partial charge in [0.05, 0.1) is 12.2 Å². The van der Waals surface area contributed by atoms with Crippen molar-refractivity contribution in [1.82, 2.24) is 0 Å². The lowest BCUT2D eigenvalue weighted by atomic mass is 9.95.